The lowest BCUT2D eigenvalue weighted by Gasteiger charge is -2.32. The summed E-state index contributed by atoms with van der Waals surface area (Å²) in [6, 6.07) is 15.2. The predicted octanol–water partition coefficient (Wildman–Crippen LogP) is 3.63. The number of aromatic amines is 1. The molecule has 0 unspecified atom stereocenters. The quantitative estimate of drug-likeness (QED) is 0.335. The summed E-state index contributed by atoms with van der Waals surface area (Å²) in [5.41, 5.74) is 2.59. The minimum Gasteiger partial charge on any atom is -0.454 e. The van der Waals surface area contributed by atoms with Gasteiger partial charge in [-0.15, -0.1) is 0 Å². The smallest absolute Gasteiger partial charge is 0.326 e. The van der Waals surface area contributed by atoms with Crippen LogP contribution in [0, 0.1) is 0 Å². The van der Waals surface area contributed by atoms with Crippen molar-refractivity contribution in [2.24, 2.45) is 0 Å². The normalized spacial score (nSPS) is 14.3. The molecule has 0 bridgehead atoms. The molecular weight excluding hydrogens is 498 g/mol. The van der Waals surface area contributed by atoms with Gasteiger partial charge in [0.1, 0.15) is 12.4 Å². The highest BCUT2D eigenvalue weighted by atomic mass is 16.5. The fourth-order valence-corrected chi connectivity index (χ4v) is 5.38. The fourth-order valence-electron chi connectivity index (χ4n) is 5.38. The number of H-pyrrole nitrogens is 1. The van der Waals surface area contributed by atoms with Gasteiger partial charge in [0.25, 0.3) is 5.91 Å². The van der Waals surface area contributed by atoms with Crippen molar-refractivity contribution in [3.05, 3.63) is 82.4 Å². The lowest BCUT2D eigenvalue weighted by molar-refractivity contribution is -0.135. The van der Waals surface area contributed by atoms with E-state index >= 15 is 0 Å². The number of carbonyl (C=O) groups is 2. The second kappa shape index (κ2) is 11.8. The number of amides is 2. The first-order valence-electron chi connectivity index (χ1n) is 13.5. The van der Waals surface area contributed by atoms with E-state index < -0.39 is 0 Å². The summed E-state index contributed by atoms with van der Waals surface area (Å²) in [7, 11) is 1.52. The number of para-hydroxylation sites is 2. The van der Waals surface area contributed by atoms with Crippen molar-refractivity contribution in [1.82, 2.24) is 23.9 Å². The van der Waals surface area contributed by atoms with E-state index in [1.807, 2.05) is 64.7 Å². The number of benzene rings is 1. The van der Waals surface area contributed by atoms with E-state index in [1.54, 1.807) is 15.9 Å². The maximum Gasteiger partial charge on any atom is 0.326 e. The third-order valence-corrected chi connectivity index (χ3v) is 7.33. The molecule has 5 rings (SSSR count). The van der Waals surface area contributed by atoms with Crippen molar-refractivity contribution >= 4 is 22.8 Å². The molecule has 1 fully saturated rings. The Morgan fingerprint density at radius 1 is 1.10 bits per heavy atom. The Morgan fingerprint density at radius 3 is 2.67 bits per heavy atom. The summed E-state index contributed by atoms with van der Waals surface area (Å²) >= 11 is 0. The van der Waals surface area contributed by atoms with E-state index in [-0.39, 0.29) is 30.2 Å². The van der Waals surface area contributed by atoms with E-state index in [1.165, 1.54) is 7.11 Å². The summed E-state index contributed by atoms with van der Waals surface area (Å²) in [5, 5.41) is 0. The second-order valence-corrected chi connectivity index (χ2v) is 9.98. The van der Waals surface area contributed by atoms with Crippen molar-refractivity contribution in [2.45, 2.75) is 45.3 Å². The Bertz CT molecular complexity index is 1490. The number of piperidine rings is 1. The molecule has 10 heteroatoms. The molecule has 10 nitrogen and oxygen atoms in total. The maximum absolute atomic E-state index is 13.2. The van der Waals surface area contributed by atoms with E-state index in [9.17, 15) is 14.4 Å². The Morgan fingerprint density at radius 2 is 1.90 bits per heavy atom. The molecule has 206 valence electrons. The molecule has 39 heavy (non-hydrogen) atoms. The summed E-state index contributed by atoms with van der Waals surface area (Å²) in [4.78, 5) is 44.7. The second-order valence-electron chi connectivity index (χ2n) is 9.98. The first-order chi connectivity index (χ1) is 19.0. The number of nitrogens with zero attached hydrogens (tertiary/aromatic N) is 4. The molecule has 0 aliphatic carbocycles. The molecule has 1 N–H and O–H groups in total. The average Bonchev–Trinajstić information content (AvgIpc) is 3.67. The first-order valence-corrected chi connectivity index (χ1v) is 13.5. The van der Waals surface area contributed by atoms with E-state index in [2.05, 4.69) is 4.98 Å². The Kier molecular flexibility index (Phi) is 8.02. The molecule has 4 aromatic rings. The van der Waals surface area contributed by atoms with Gasteiger partial charge in [-0.25, -0.2) is 4.79 Å². The van der Waals surface area contributed by atoms with Crippen molar-refractivity contribution in [3.8, 4) is 0 Å². The standard InChI is InChI=1S/C29H35N5O5/c1-3-14-33(27(35)20-38-2)18-22-7-6-15-32(22)19-23-10-11-26(39-23)28(36)31-16-12-21(13-17-31)34-25-9-5-4-8-24(25)30-29(34)37/h4-11,15,21H,3,12-14,16-20H2,1-2H3,(H,30,37). The number of rotatable bonds is 10. The molecule has 0 radical (unpaired) electrons. The van der Waals surface area contributed by atoms with Gasteiger partial charge in [-0.1, -0.05) is 19.1 Å². The number of carbonyl (C=O) groups excluding carboxylic acids is 2. The monoisotopic (exact) mass is 533 g/mol. The van der Waals surface area contributed by atoms with Crippen LogP contribution in [0.2, 0.25) is 0 Å². The zero-order chi connectivity index (χ0) is 27.4. The van der Waals surface area contributed by atoms with Crippen LogP contribution in [-0.2, 0) is 22.6 Å². The molecule has 1 aliphatic rings. The number of nitrogens with one attached hydrogen (secondary N) is 1. The molecule has 1 saturated heterocycles. The van der Waals surface area contributed by atoms with Crippen molar-refractivity contribution in [3.63, 3.8) is 0 Å². The molecule has 1 aliphatic heterocycles. The van der Waals surface area contributed by atoms with E-state index in [4.69, 9.17) is 9.15 Å². The SMILES string of the molecule is CCCN(Cc1cccn1Cc1ccc(C(=O)N2CCC(n3c(=O)[nH]c4ccccc43)CC2)o1)C(=O)COC. The number of likely N-dealkylation sites (tertiary alicyclic amines) is 1. The number of hydrogen-bond donors (Lipinski definition) is 1. The third-order valence-electron chi connectivity index (χ3n) is 7.33. The zero-order valence-electron chi connectivity index (χ0n) is 22.5. The molecule has 3 aromatic heterocycles. The first kappa shape index (κ1) is 26.6. The highest BCUT2D eigenvalue weighted by Gasteiger charge is 2.28. The number of ether oxygens (including phenoxy) is 1. The number of hydrogen-bond acceptors (Lipinski definition) is 5. The Balaban J connectivity index is 1.21. The van der Waals surface area contributed by atoms with Crippen LogP contribution >= 0.6 is 0 Å². The zero-order valence-corrected chi connectivity index (χ0v) is 22.5. The summed E-state index contributed by atoms with van der Waals surface area (Å²) in [6.07, 6.45) is 4.20. The van der Waals surface area contributed by atoms with E-state index in [0.717, 1.165) is 23.1 Å². The minimum atomic E-state index is -0.141. The van der Waals surface area contributed by atoms with Gasteiger partial charge < -0.3 is 28.5 Å². The predicted molar refractivity (Wildman–Crippen MR) is 147 cm³/mol. The Labute approximate surface area is 226 Å². The van der Waals surface area contributed by atoms with Gasteiger partial charge in [-0.3, -0.25) is 14.2 Å². The number of imidazole rings is 1. The van der Waals surface area contributed by atoms with Crippen LogP contribution in [-0.4, -0.2) is 69.1 Å². The largest absolute Gasteiger partial charge is 0.454 e. The number of methoxy groups -OCH3 is 1. The third kappa shape index (κ3) is 5.70. The number of furan rings is 1. The van der Waals surface area contributed by atoms with Crippen molar-refractivity contribution in [2.75, 3.05) is 33.4 Å². The molecule has 0 spiro atoms. The topological polar surface area (TPSA) is 106 Å². The van der Waals surface area contributed by atoms with Crippen LogP contribution in [0.15, 0.2) is 63.9 Å². The molecule has 2 amide bonds. The van der Waals surface area contributed by atoms with Crippen LogP contribution in [0.5, 0.6) is 0 Å². The van der Waals surface area contributed by atoms with Crippen molar-refractivity contribution in [1.29, 1.82) is 0 Å². The maximum atomic E-state index is 13.2. The van der Waals surface area contributed by atoms with Crippen molar-refractivity contribution < 1.29 is 18.7 Å². The van der Waals surface area contributed by atoms with Crippen LogP contribution in [0.25, 0.3) is 11.0 Å². The van der Waals surface area contributed by atoms with Gasteiger partial charge >= 0.3 is 5.69 Å². The number of fused-ring (bicyclic) bond motifs is 1. The summed E-state index contributed by atoms with van der Waals surface area (Å²) in [5.74, 6) is 0.792. The van der Waals surface area contributed by atoms with Gasteiger partial charge in [0, 0.05) is 44.7 Å². The van der Waals surface area contributed by atoms with Gasteiger partial charge in [-0.2, -0.15) is 0 Å². The lowest BCUT2D eigenvalue weighted by atomic mass is 10.0. The minimum absolute atomic E-state index is 0.0417. The van der Waals surface area contributed by atoms with Crippen LogP contribution in [0.1, 0.15) is 54.2 Å². The van der Waals surface area contributed by atoms with E-state index in [0.29, 0.717) is 57.1 Å². The Hall–Kier alpha value is -4.05. The molecule has 4 heterocycles. The molecule has 0 saturated carbocycles. The fraction of sp³-hybridized carbons (Fsp3) is 0.414. The van der Waals surface area contributed by atoms with Crippen LogP contribution in [0.4, 0.5) is 0 Å². The summed E-state index contributed by atoms with van der Waals surface area (Å²) < 4.78 is 14.8. The van der Waals surface area contributed by atoms with Gasteiger partial charge in [0.2, 0.25) is 5.91 Å². The highest BCUT2D eigenvalue weighted by Crippen LogP contribution is 2.26. The van der Waals surface area contributed by atoms with Crippen LogP contribution in [0.3, 0.4) is 0 Å². The van der Waals surface area contributed by atoms with Crippen LogP contribution < -0.4 is 5.69 Å². The van der Waals surface area contributed by atoms with Gasteiger partial charge in [0.15, 0.2) is 5.76 Å². The van der Waals surface area contributed by atoms with Gasteiger partial charge in [0.05, 0.1) is 24.1 Å². The highest BCUT2D eigenvalue weighted by molar-refractivity contribution is 5.91. The molecule has 0 atom stereocenters. The average molecular weight is 534 g/mol. The number of aromatic nitrogens is 3. The molecule has 1 aromatic carbocycles. The summed E-state index contributed by atoms with van der Waals surface area (Å²) in [6.45, 7) is 4.78. The molecular formula is C29H35N5O5. The lowest BCUT2D eigenvalue weighted by Crippen LogP contribution is -2.40. The van der Waals surface area contributed by atoms with Gasteiger partial charge in [-0.05, 0) is 55.7 Å².